The smallest absolute Gasteiger partial charge is 0.236 e. The molecule has 0 unspecified atom stereocenters. The molecule has 0 radical (unpaired) electrons. The van der Waals surface area contributed by atoms with Crippen molar-refractivity contribution in [1.29, 1.82) is 0 Å². The Kier molecular flexibility index (Phi) is 6.94. The summed E-state index contributed by atoms with van der Waals surface area (Å²) < 4.78 is 16.5. The van der Waals surface area contributed by atoms with Crippen LogP contribution in [-0.2, 0) is 17.8 Å². The number of thiazole rings is 1. The van der Waals surface area contributed by atoms with Crippen LogP contribution >= 0.6 is 11.3 Å². The summed E-state index contributed by atoms with van der Waals surface area (Å²) in [5, 5.41) is 0.935. The lowest BCUT2D eigenvalue weighted by Crippen LogP contribution is -2.55. The third kappa shape index (κ3) is 4.61. The zero-order valence-corrected chi connectivity index (χ0v) is 21.2. The number of hydrogen-bond acceptors (Lipinski definition) is 8. The standard InChI is InChI=1S/C25H34N4O4S/c1-31-20-13-17(14-21(32-2)24(20)33-3)25-26-19-7-8-27(15-22(19)34-25)16-23(30)29-11-9-28(10-12-29)18-5-4-6-18/h13-14,18H,4-12,15-16H2,1-3H3. The Morgan fingerprint density at radius 1 is 1.03 bits per heavy atom. The van der Waals surface area contributed by atoms with E-state index < -0.39 is 0 Å². The van der Waals surface area contributed by atoms with E-state index in [-0.39, 0.29) is 5.91 Å². The van der Waals surface area contributed by atoms with Crippen molar-refractivity contribution < 1.29 is 19.0 Å². The number of benzene rings is 1. The molecule has 1 aliphatic carbocycles. The maximum absolute atomic E-state index is 13.0. The van der Waals surface area contributed by atoms with Crippen molar-refractivity contribution in [2.45, 2.75) is 38.3 Å². The number of nitrogens with zero attached hydrogens (tertiary/aromatic N) is 4. The van der Waals surface area contributed by atoms with Crippen LogP contribution in [0.25, 0.3) is 10.6 Å². The van der Waals surface area contributed by atoms with E-state index in [0.717, 1.165) is 68.0 Å². The summed E-state index contributed by atoms with van der Waals surface area (Å²) in [5.41, 5.74) is 2.08. The van der Waals surface area contributed by atoms with E-state index in [9.17, 15) is 4.79 Å². The molecular formula is C25H34N4O4S. The Bertz CT molecular complexity index is 1000. The molecule has 1 saturated carbocycles. The minimum absolute atomic E-state index is 0.256. The maximum Gasteiger partial charge on any atom is 0.236 e. The number of methoxy groups -OCH3 is 3. The van der Waals surface area contributed by atoms with Crippen molar-refractivity contribution in [3.05, 3.63) is 22.7 Å². The molecule has 3 aliphatic rings. The second kappa shape index (κ2) is 10.1. The fourth-order valence-electron chi connectivity index (χ4n) is 5.09. The van der Waals surface area contributed by atoms with Gasteiger partial charge in [0.1, 0.15) is 5.01 Å². The molecule has 1 saturated heterocycles. The Labute approximate surface area is 205 Å². The van der Waals surface area contributed by atoms with Crippen molar-refractivity contribution in [2.75, 3.05) is 60.6 Å². The lowest BCUT2D eigenvalue weighted by molar-refractivity contribution is -0.135. The van der Waals surface area contributed by atoms with Crippen molar-refractivity contribution >= 4 is 17.2 Å². The highest BCUT2D eigenvalue weighted by molar-refractivity contribution is 7.15. The van der Waals surface area contributed by atoms with E-state index >= 15 is 0 Å². The first-order valence-electron chi connectivity index (χ1n) is 12.1. The summed E-state index contributed by atoms with van der Waals surface area (Å²) in [6, 6.07) is 4.65. The zero-order chi connectivity index (χ0) is 23.7. The van der Waals surface area contributed by atoms with Gasteiger partial charge < -0.3 is 19.1 Å². The van der Waals surface area contributed by atoms with Crippen molar-refractivity contribution in [1.82, 2.24) is 19.7 Å². The van der Waals surface area contributed by atoms with Gasteiger partial charge in [0.25, 0.3) is 0 Å². The van der Waals surface area contributed by atoms with Gasteiger partial charge in [0.15, 0.2) is 11.5 Å². The molecule has 184 valence electrons. The third-order valence-electron chi connectivity index (χ3n) is 7.34. The first-order valence-corrected chi connectivity index (χ1v) is 12.9. The van der Waals surface area contributed by atoms with Crippen LogP contribution in [-0.4, -0.2) is 92.2 Å². The van der Waals surface area contributed by atoms with Gasteiger partial charge in [-0.3, -0.25) is 14.6 Å². The molecule has 0 atom stereocenters. The lowest BCUT2D eigenvalue weighted by Gasteiger charge is -2.43. The number of carbonyl (C=O) groups is 1. The van der Waals surface area contributed by atoms with Crippen molar-refractivity contribution in [3.63, 3.8) is 0 Å². The molecule has 3 heterocycles. The summed E-state index contributed by atoms with van der Waals surface area (Å²) in [7, 11) is 4.85. The topological polar surface area (TPSA) is 67.4 Å². The Morgan fingerprint density at radius 3 is 2.32 bits per heavy atom. The van der Waals surface area contributed by atoms with Gasteiger partial charge >= 0.3 is 0 Å². The number of rotatable bonds is 7. The predicted molar refractivity (Wildman–Crippen MR) is 132 cm³/mol. The summed E-state index contributed by atoms with van der Waals surface area (Å²) in [6.45, 7) is 5.88. The molecular weight excluding hydrogens is 452 g/mol. The Hall–Kier alpha value is -2.36. The Morgan fingerprint density at radius 2 is 1.74 bits per heavy atom. The fraction of sp³-hybridized carbons (Fsp3) is 0.600. The molecule has 0 spiro atoms. The average molecular weight is 487 g/mol. The molecule has 1 aromatic carbocycles. The van der Waals surface area contributed by atoms with Gasteiger partial charge in [0.2, 0.25) is 11.7 Å². The SMILES string of the molecule is COc1cc(-c2nc3c(s2)CN(CC(=O)N2CCN(C4CCC4)CC2)CC3)cc(OC)c1OC. The van der Waals surface area contributed by atoms with Crippen LogP contribution in [0.4, 0.5) is 0 Å². The summed E-state index contributed by atoms with van der Waals surface area (Å²) in [4.78, 5) is 26.0. The largest absolute Gasteiger partial charge is 0.493 e. The number of aromatic nitrogens is 1. The lowest BCUT2D eigenvalue weighted by atomic mass is 9.91. The van der Waals surface area contributed by atoms with Gasteiger partial charge in [-0.1, -0.05) is 6.42 Å². The van der Waals surface area contributed by atoms with Gasteiger partial charge in [0, 0.05) is 62.2 Å². The Balaban J connectivity index is 1.23. The van der Waals surface area contributed by atoms with Gasteiger partial charge in [-0.25, -0.2) is 4.98 Å². The number of ether oxygens (including phenoxy) is 3. The van der Waals surface area contributed by atoms with E-state index in [1.165, 1.54) is 24.1 Å². The normalized spacial score (nSPS) is 19.4. The van der Waals surface area contributed by atoms with Gasteiger partial charge in [-0.05, 0) is 25.0 Å². The monoisotopic (exact) mass is 486 g/mol. The van der Waals surface area contributed by atoms with Gasteiger partial charge in [-0.15, -0.1) is 11.3 Å². The molecule has 1 amide bonds. The number of hydrogen-bond donors (Lipinski definition) is 0. The van der Waals surface area contributed by atoms with E-state index in [4.69, 9.17) is 19.2 Å². The van der Waals surface area contributed by atoms with Crippen LogP contribution in [0.15, 0.2) is 12.1 Å². The molecule has 5 rings (SSSR count). The van der Waals surface area contributed by atoms with Crippen LogP contribution in [0.3, 0.4) is 0 Å². The fourth-order valence-corrected chi connectivity index (χ4v) is 6.23. The molecule has 34 heavy (non-hydrogen) atoms. The molecule has 0 N–H and O–H groups in total. The zero-order valence-electron chi connectivity index (χ0n) is 20.3. The minimum Gasteiger partial charge on any atom is -0.493 e. The first kappa shape index (κ1) is 23.4. The second-order valence-corrected chi connectivity index (χ2v) is 10.3. The molecule has 9 heteroatoms. The number of fused-ring (bicyclic) bond motifs is 1. The van der Waals surface area contributed by atoms with Gasteiger partial charge in [0.05, 0.1) is 33.6 Å². The highest BCUT2D eigenvalue weighted by Gasteiger charge is 2.30. The predicted octanol–water partition coefficient (Wildman–Crippen LogP) is 2.89. The van der Waals surface area contributed by atoms with Crippen molar-refractivity contribution in [2.24, 2.45) is 0 Å². The molecule has 2 aliphatic heterocycles. The molecule has 0 bridgehead atoms. The molecule has 2 aromatic rings. The highest BCUT2D eigenvalue weighted by Crippen LogP contribution is 2.42. The van der Waals surface area contributed by atoms with Crippen LogP contribution < -0.4 is 14.2 Å². The molecule has 8 nitrogen and oxygen atoms in total. The number of carbonyl (C=O) groups excluding carboxylic acids is 1. The van der Waals surface area contributed by atoms with Crippen molar-refractivity contribution in [3.8, 4) is 27.8 Å². The van der Waals surface area contributed by atoms with Crippen LogP contribution in [0, 0.1) is 0 Å². The van der Waals surface area contributed by atoms with Crippen LogP contribution in [0.2, 0.25) is 0 Å². The van der Waals surface area contributed by atoms with E-state index in [0.29, 0.717) is 23.8 Å². The molecule has 1 aromatic heterocycles. The summed E-state index contributed by atoms with van der Waals surface area (Å²) in [6.07, 6.45) is 4.88. The maximum atomic E-state index is 13.0. The number of piperazine rings is 1. The average Bonchev–Trinajstić information content (AvgIpc) is 3.26. The van der Waals surface area contributed by atoms with Gasteiger partial charge in [-0.2, -0.15) is 0 Å². The quantitative estimate of drug-likeness (QED) is 0.596. The third-order valence-corrected chi connectivity index (χ3v) is 8.47. The first-order chi connectivity index (χ1) is 16.6. The van der Waals surface area contributed by atoms with E-state index in [1.807, 2.05) is 12.1 Å². The van der Waals surface area contributed by atoms with Crippen LogP contribution in [0.5, 0.6) is 17.2 Å². The second-order valence-electron chi connectivity index (χ2n) is 9.27. The van der Waals surface area contributed by atoms with E-state index in [1.54, 1.807) is 32.7 Å². The van der Waals surface area contributed by atoms with Crippen LogP contribution in [0.1, 0.15) is 29.8 Å². The summed E-state index contributed by atoms with van der Waals surface area (Å²) in [5.74, 6) is 2.07. The summed E-state index contributed by atoms with van der Waals surface area (Å²) >= 11 is 1.68. The minimum atomic E-state index is 0.256. The molecule has 2 fully saturated rings. The number of amides is 1. The van der Waals surface area contributed by atoms with E-state index in [2.05, 4.69) is 14.7 Å². The highest BCUT2D eigenvalue weighted by atomic mass is 32.1.